The van der Waals surface area contributed by atoms with Crippen LogP contribution in [0.2, 0.25) is 0 Å². The lowest BCUT2D eigenvalue weighted by Crippen LogP contribution is -2.38. The minimum absolute atomic E-state index is 0.586. The summed E-state index contributed by atoms with van der Waals surface area (Å²) in [5.41, 5.74) is 2.24. The van der Waals surface area contributed by atoms with Crippen molar-refractivity contribution in [3.63, 3.8) is 0 Å². The van der Waals surface area contributed by atoms with Crippen LogP contribution in [-0.2, 0) is 13.1 Å². The lowest BCUT2D eigenvalue weighted by Gasteiger charge is -2.22. The van der Waals surface area contributed by atoms with Gasteiger partial charge in [0.25, 0.3) is 0 Å². The Kier molecular flexibility index (Phi) is 7.14. The molecule has 0 fully saturated rings. The van der Waals surface area contributed by atoms with Gasteiger partial charge in [-0.15, -0.1) is 0 Å². The standard InChI is InChI=1S/C20H27N3O3/c1-21-20(23(2)14-15-9-7-6-8-10-15)22-13-16-11-17(24-3)19(26-5)18(12-16)25-4/h6-12H,13-14H2,1-5H3,(H,21,22). The monoisotopic (exact) mass is 357 g/mol. The van der Waals surface area contributed by atoms with Crippen molar-refractivity contribution in [3.05, 3.63) is 53.6 Å². The largest absolute Gasteiger partial charge is 0.493 e. The van der Waals surface area contributed by atoms with Gasteiger partial charge in [-0.3, -0.25) is 4.99 Å². The summed E-state index contributed by atoms with van der Waals surface area (Å²) in [5.74, 6) is 2.67. The molecular weight excluding hydrogens is 330 g/mol. The summed E-state index contributed by atoms with van der Waals surface area (Å²) in [6, 6.07) is 14.1. The molecule has 0 aromatic heterocycles. The lowest BCUT2D eigenvalue weighted by atomic mass is 10.1. The molecule has 0 radical (unpaired) electrons. The molecule has 6 heteroatoms. The first-order valence-electron chi connectivity index (χ1n) is 8.37. The van der Waals surface area contributed by atoms with Gasteiger partial charge in [-0.05, 0) is 23.3 Å². The van der Waals surface area contributed by atoms with E-state index in [2.05, 4.69) is 27.3 Å². The van der Waals surface area contributed by atoms with Crippen LogP contribution in [0, 0.1) is 0 Å². The summed E-state index contributed by atoms with van der Waals surface area (Å²) < 4.78 is 16.2. The van der Waals surface area contributed by atoms with Crippen molar-refractivity contribution in [1.82, 2.24) is 10.2 Å². The third kappa shape index (κ3) is 4.81. The van der Waals surface area contributed by atoms with Crippen molar-refractivity contribution >= 4 is 5.96 Å². The zero-order chi connectivity index (χ0) is 18.9. The van der Waals surface area contributed by atoms with Crippen molar-refractivity contribution in [3.8, 4) is 17.2 Å². The smallest absolute Gasteiger partial charge is 0.203 e. The molecular formula is C20H27N3O3. The van der Waals surface area contributed by atoms with E-state index >= 15 is 0 Å². The molecule has 0 amide bonds. The van der Waals surface area contributed by atoms with Crippen LogP contribution < -0.4 is 19.5 Å². The minimum Gasteiger partial charge on any atom is -0.493 e. The number of methoxy groups -OCH3 is 3. The predicted octanol–water partition coefficient (Wildman–Crippen LogP) is 2.92. The number of ether oxygens (including phenoxy) is 3. The average Bonchev–Trinajstić information content (AvgIpc) is 2.68. The fraction of sp³-hybridized carbons (Fsp3) is 0.350. The number of nitrogens with one attached hydrogen (secondary N) is 1. The second-order valence-electron chi connectivity index (χ2n) is 5.78. The molecule has 0 aliphatic carbocycles. The van der Waals surface area contributed by atoms with Crippen LogP contribution in [-0.4, -0.2) is 46.3 Å². The third-order valence-electron chi connectivity index (χ3n) is 4.01. The van der Waals surface area contributed by atoms with Crippen LogP contribution >= 0.6 is 0 Å². The SMILES string of the molecule is CN=C(NCc1cc(OC)c(OC)c(OC)c1)N(C)Cc1ccccc1. The summed E-state index contributed by atoms with van der Waals surface area (Å²) in [5, 5.41) is 3.37. The number of benzene rings is 2. The predicted molar refractivity (Wildman–Crippen MR) is 104 cm³/mol. The van der Waals surface area contributed by atoms with Crippen molar-refractivity contribution in [2.45, 2.75) is 13.1 Å². The van der Waals surface area contributed by atoms with Gasteiger partial charge in [-0.1, -0.05) is 30.3 Å². The first-order valence-corrected chi connectivity index (χ1v) is 8.37. The molecule has 2 aromatic rings. The highest BCUT2D eigenvalue weighted by Gasteiger charge is 2.14. The molecule has 0 saturated carbocycles. The number of nitrogens with zero attached hydrogens (tertiary/aromatic N) is 2. The second kappa shape index (κ2) is 9.56. The van der Waals surface area contributed by atoms with E-state index in [1.807, 2.05) is 37.4 Å². The number of hydrogen-bond donors (Lipinski definition) is 1. The maximum atomic E-state index is 5.41. The molecule has 0 spiro atoms. The van der Waals surface area contributed by atoms with Crippen LogP contribution in [0.5, 0.6) is 17.2 Å². The molecule has 1 N–H and O–H groups in total. The number of guanidine groups is 1. The van der Waals surface area contributed by atoms with Gasteiger partial charge in [-0.25, -0.2) is 0 Å². The maximum absolute atomic E-state index is 5.41. The summed E-state index contributed by atoms with van der Waals surface area (Å²) >= 11 is 0. The molecule has 0 aliphatic heterocycles. The first-order chi connectivity index (χ1) is 12.6. The van der Waals surface area contributed by atoms with Crippen molar-refractivity contribution < 1.29 is 14.2 Å². The number of aliphatic imine (C=N–C) groups is 1. The van der Waals surface area contributed by atoms with E-state index in [0.717, 1.165) is 18.1 Å². The minimum atomic E-state index is 0.586. The summed E-state index contributed by atoms with van der Waals surface area (Å²) in [6.45, 7) is 1.36. The Bertz CT molecular complexity index is 707. The van der Waals surface area contributed by atoms with E-state index in [-0.39, 0.29) is 0 Å². The Balaban J connectivity index is 2.08. The summed E-state index contributed by atoms with van der Waals surface area (Å²) in [6.07, 6.45) is 0. The summed E-state index contributed by atoms with van der Waals surface area (Å²) in [7, 11) is 8.61. The van der Waals surface area contributed by atoms with Gasteiger partial charge >= 0.3 is 0 Å². The summed E-state index contributed by atoms with van der Waals surface area (Å²) in [4.78, 5) is 6.44. The number of hydrogen-bond acceptors (Lipinski definition) is 4. The Morgan fingerprint density at radius 2 is 1.58 bits per heavy atom. The van der Waals surface area contributed by atoms with Gasteiger partial charge in [-0.2, -0.15) is 0 Å². The Morgan fingerprint density at radius 3 is 2.08 bits per heavy atom. The van der Waals surface area contributed by atoms with Gasteiger partial charge in [0.05, 0.1) is 21.3 Å². The molecule has 26 heavy (non-hydrogen) atoms. The molecule has 0 heterocycles. The van der Waals surface area contributed by atoms with E-state index in [1.165, 1.54) is 5.56 Å². The van der Waals surface area contributed by atoms with E-state index in [4.69, 9.17) is 14.2 Å². The number of rotatable bonds is 7. The van der Waals surface area contributed by atoms with Crippen LogP contribution in [0.15, 0.2) is 47.5 Å². The van der Waals surface area contributed by atoms with Crippen LogP contribution in [0.4, 0.5) is 0 Å². The fourth-order valence-electron chi connectivity index (χ4n) is 2.74. The molecule has 0 saturated heterocycles. The zero-order valence-corrected chi connectivity index (χ0v) is 16.1. The van der Waals surface area contributed by atoms with E-state index in [1.54, 1.807) is 28.4 Å². The molecule has 0 bridgehead atoms. The van der Waals surface area contributed by atoms with E-state index < -0.39 is 0 Å². The fourth-order valence-corrected chi connectivity index (χ4v) is 2.74. The quantitative estimate of drug-likeness (QED) is 0.610. The highest BCUT2D eigenvalue weighted by Crippen LogP contribution is 2.38. The Labute approximate surface area is 155 Å². The lowest BCUT2D eigenvalue weighted by molar-refractivity contribution is 0.323. The molecule has 0 aliphatic rings. The van der Waals surface area contributed by atoms with Gasteiger partial charge in [0.15, 0.2) is 17.5 Å². The van der Waals surface area contributed by atoms with E-state index in [0.29, 0.717) is 23.8 Å². The van der Waals surface area contributed by atoms with Crippen molar-refractivity contribution in [1.29, 1.82) is 0 Å². The molecule has 2 rings (SSSR count). The molecule has 6 nitrogen and oxygen atoms in total. The molecule has 2 aromatic carbocycles. The van der Waals surface area contributed by atoms with Gasteiger partial charge in [0, 0.05) is 27.2 Å². The van der Waals surface area contributed by atoms with Crippen LogP contribution in [0.25, 0.3) is 0 Å². The molecule has 0 unspecified atom stereocenters. The van der Waals surface area contributed by atoms with Gasteiger partial charge < -0.3 is 24.4 Å². The van der Waals surface area contributed by atoms with Crippen LogP contribution in [0.1, 0.15) is 11.1 Å². The van der Waals surface area contributed by atoms with Gasteiger partial charge in [0.2, 0.25) is 5.75 Å². The average molecular weight is 357 g/mol. The first kappa shape index (κ1) is 19.4. The van der Waals surface area contributed by atoms with Crippen molar-refractivity contribution in [2.75, 3.05) is 35.4 Å². The highest BCUT2D eigenvalue weighted by atomic mass is 16.5. The molecule has 0 atom stereocenters. The normalized spacial score (nSPS) is 11.0. The van der Waals surface area contributed by atoms with Crippen LogP contribution in [0.3, 0.4) is 0 Å². The second-order valence-corrected chi connectivity index (χ2v) is 5.78. The maximum Gasteiger partial charge on any atom is 0.203 e. The zero-order valence-electron chi connectivity index (χ0n) is 16.1. The highest BCUT2D eigenvalue weighted by molar-refractivity contribution is 5.79. The Morgan fingerprint density at radius 1 is 0.962 bits per heavy atom. The Hall–Kier alpha value is -2.89. The third-order valence-corrected chi connectivity index (χ3v) is 4.01. The molecule has 140 valence electrons. The van der Waals surface area contributed by atoms with Gasteiger partial charge in [0.1, 0.15) is 0 Å². The van der Waals surface area contributed by atoms with E-state index in [9.17, 15) is 0 Å². The van der Waals surface area contributed by atoms with Crippen molar-refractivity contribution in [2.24, 2.45) is 4.99 Å². The topological polar surface area (TPSA) is 55.3 Å².